The molecule has 2 fully saturated rings. The largest absolute Gasteiger partial charge is 0.298 e. The molecule has 0 aliphatic carbocycles. The maximum atomic E-state index is 6.36. The smallest absolute Gasteiger partial charge is 0.131 e. The standard InChI is InChI=1S/C14H23ClN4/c1-10-7-18-6-4-5-12(18)8-19(10)9-13-11(2)16-17(3)14(13)15/h10,12H,4-9H2,1-3H3. The molecule has 2 aliphatic rings. The molecule has 0 spiro atoms. The summed E-state index contributed by atoms with van der Waals surface area (Å²) in [5.41, 5.74) is 2.26. The molecule has 0 N–H and O–H groups in total. The van der Waals surface area contributed by atoms with Crippen molar-refractivity contribution in [3.05, 3.63) is 16.4 Å². The average Bonchev–Trinajstić information content (AvgIpc) is 2.89. The van der Waals surface area contributed by atoms with Crippen LogP contribution in [-0.2, 0) is 13.6 Å². The molecule has 0 aromatic carbocycles. The van der Waals surface area contributed by atoms with Crippen LogP contribution in [0.3, 0.4) is 0 Å². The van der Waals surface area contributed by atoms with E-state index in [2.05, 4.69) is 28.7 Å². The van der Waals surface area contributed by atoms with Crippen LogP contribution in [0.4, 0.5) is 0 Å². The Morgan fingerprint density at radius 2 is 2.16 bits per heavy atom. The second-order valence-electron chi connectivity index (χ2n) is 6.05. The Bertz CT molecular complexity index is 470. The predicted octanol–water partition coefficient (Wildman–Crippen LogP) is 2.05. The highest BCUT2D eigenvalue weighted by Gasteiger charge is 2.34. The molecular formula is C14H23ClN4. The van der Waals surface area contributed by atoms with Crippen LogP contribution in [0.5, 0.6) is 0 Å². The van der Waals surface area contributed by atoms with Gasteiger partial charge in [0.15, 0.2) is 0 Å². The molecule has 2 unspecified atom stereocenters. The number of piperazine rings is 1. The number of aromatic nitrogens is 2. The van der Waals surface area contributed by atoms with Gasteiger partial charge in [-0.1, -0.05) is 11.6 Å². The minimum absolute atomic E-state index is 0.602. The maximum Gasteiger partial charge on any atom is 0.131 e. The molecule has 0 bridgehead atoms. The first-order valence-electron chi connectivity index (χ1n) is 7.22. The Hall–Kier alpha value is -0.580. The van der Waals surface area contributed by atoms with Crippen LogP contribution < -0.4 is 0 Å². The van der Waals surface area contributed by atoms with Crippen LogP contribution in [0.1, 0.15) is 31.0 Å². The Balaban J connectivity index is 1.75. The lowest BCUT2D eigenvalue weighted by molar-refractivity contribution is 0.0539. The molecule has 3 heterocycles. The molecule has 2 atom stereocenters. The van der Waals surface area contributed by atoms with E-state index in [0.717, 1.165) is 23.4 Å². The van der Waals surface area contributed by atoms with Crippen LogP contribution in [-0.4, -0.2) is 51.3 Å². The lowest BCUT2D eigenvalue weighted by atomic mass is 10.1. The van der Waals surface area contributed by atoms with E-state index in [-0.39, 0.29) is 0 Å². The van der Waals surface area contributed by atoms with Gasteiger partial charge >= 0.3 is 0 Å². The number of fused-ring (bicyclic) bond motifs is 1. The highest BCUT2D eigenvalue weighted by molar-refractivity contribution is 6.30. The third-order valence-electron chi connectivity index (χ3n) is 4.70. The summed E-state index contributed by atoms with van der Waals surface area (Å²) in [5, 5.41) is 5.21. The topological polar surface area (TPSA) is 24.3 Å². The summed E-state index contributed by atoms with van der Waals surface area (Å²) < 4.78 is 1.78. The normalized spacial score (nSPS) is 28.8. The third-order valence-corrected chi connectivity index (χ3v) is 5.17. The number of hydrogen-bond donors (Lipinski definition) is 0. The fraction of sp³-hybridized carbons (Fsp3) is 0.786. The van der Waals surface area contributed by atoms with Gasteiger partial charge in [-0.25, -0.2) is 0 Å². The van der Waals surface area contributed by atoms with Gasteiger partial charge in [-0.3, -0.25) is 14.5 Å². The first-order chi connectivity index (χ1) is 9.06. The molecule has 0 radical (unpaired) electrons. The van der Waals surface area contributed by atoms with Crippen molar-refractivity contribution in [2.24, 2.45) is 7.05 Å². The van der Waals surface area contributed by atoms with Gasteiger partial charge in [-0.05, 0) is 33.2 Å². The zero-order chi connectivity index (χ0) is 13.6. The molecule has 5 heteroatoms. The van der Waals surface area contributed by atoms with Crippen molar-refractivity contribution in [3.63, 3.8) is 0 Å². The van der Waals surface area contributed by atoms with E-state index in [1.165, 1.54) is 38.0 Å². The van der Waals surface area contributed by atoms with Gasteiger partial charge in [-0.2, -0.15) is 5.10 Å². The fourth-order valence-corrected chi connectivity index (χ4v) is 3.76. The van der Waals surface area contributed by atoms with Gasteiger partial charge in [0.2, 0.25) is 0 Å². The van der Waals surface area contributed by atoms with Gasteiger partial charge < -0.3 is 0 Å². The summed E-state index contributed by atoms with van der Waals surface area (Å²) in [6.07, 6.45) is 2.71. The highest BCUT2D eigenvalue weighted by atomic mass is 35.5. The molecular weight excluding hydrogens is 260 g/mol. The molecule has 3 rings (SSSR count). The van der Waals surface area contributed by atoms with E-state index in [1.807, 2.05) is 7.05 Å². The van der Waals surface area contributed by atoms with Crippen LogP contribution in [0, 0.1) is 6.92 Å². The second kappa shape index (κ2) is 5.08. The molecule has 0 saturated carbocycles. The fourth-order valence-electron chi connectivity index (χ4n) is 3.52. The molecule has 2 aliphatic heterocycles. The number of hydrogen-bond acceptors (Lipinski definition) is 3. The van der Waals surface area contributed by atoms with E-state index >= 15 is 0 Å². The summed E-state index contributed by atoms with van der Waals surface area (Å²) in [6.45, 7) is 8.97. The zero-order valence-corrected chi connectivity index (χ0v) is 12.8. The average molecular weight is 283 g/mol. The summed E-state index contributed by atoms with van der Waals surface area (Å²) in [5.74, 6) is 0. The third kappa shape index (κ3) is 2.41. The summed E-state index contributed by atoms with van der Waals surface area (Å²) in [7, 11) is 1.91. The summed E-state index contributed by atoms with van der Waals surface area (Å²) in [4.78, 5) is 5.22. The van der Waals surface area contributed by atoms with Crippen LogP contribution in [0.2, 0.25) is 5.15 Å². The van der Waals surface area contributed by atoms with Crippen molar-refractivity contribution < 1.29 is 0 Å². The van der Waals surface area contributed by atoms with Gasteiger partial charge in [0.1, 0.15) is 5.15 Å². The zero-order valence-electron chi connectivity index (χ0n) is 12.1. The molecule has 2 saturated heterocycles. The van der Waals surface area contributed by atoms with Gasteiger partial charge in [0, 0.05) is 44.3 Å². The first-order valence-corrected chi connectivity index (χ1v) is 7.60. The summed E-state index contributed by atoms with van der Waals surface area (Å²) >= 11 is 6.36. The van der Waals surface area contributed by atoms with Crippen molar-refractivity contribution in [1.29, 1.82) is 0 Å². The molecule has 1 aromatic rings. The van der Waals surface area contributed by atoms with Crippen LogP contribution in [0.25, 0.3) is 0 Å². The Morgan fingerprint density at radius 1 is 1.37 bits per heavy atom. The van der Waals surface area contributed by atoms with Crippen LogP contribution in [0.15, 0.2) is 0 Å². The minimum atomic E-state index is 0.602. The lowest BCUT2D eigenvalue weighted by Crippen LogP contribution is -2.54. The highest BCUT2D eigenvalue weighted by Crippen LogP contribution is 2.28. The van der Waals surface area contributed by atoms with Crippen molar-refractivity contribution in [1.82, 2.24) is 19.6 Å². The number of halogens is 1. The molecule has 0 amide bonds. The monoisotopic (exact) mass is 282 g/mol. The number of nitrogens with zero attached hydrogens (tertiary/aromatic N) is 4. The second-order valence-corrected chi connectivity index (χ2v) is 6.41. The Morgan fingerprint density at radius 3 is 2.84 bits per heavy atom. The van der Waals surface area contributed by atoms with E-state index in [9.17, 15) is 0 Å². The van der Waals surface area contributed by atoms with Crippen molar-refractivity contribution in [3.8, 4) is 0 Å². The summed E-state index contributed by atoms with van der Waals surface area (Å²) in [6, 6.07) is 1.36. The van der Waals surface area contributed by atoms with Crippen molar-refractivity contribution >= 4 is 11.6 Å². The minimum Gasteiger partial charge on any atom is -0.298 e. The van der Waals surface area contributed by atoms with Gasteiger partial charge in [-0.15, -0.1) is 0 Å². The van der Waals surface area contributed by atoms with Crippen LogP contribution >= 0.6 is 11.6 Å². The molecule has 1 aromatic heterocycles. The predicted molar refractivity (Wildman–Crippen MR) is 77.4 cm³/mol. The van der Waals surface area contributed by atoms with Gasteiger partial charge in [0.05, 0.1) is 5.69 Å². The Kier molecular flexibility index (Phi) is 3.58. The number of rotatable bonds is 2. The quantitative estimate of drug-likeness (QED) is 0.830. The van der Waals surface area contributed by atoms with E-state index in [0.29, 0.717) is 6.04 Å². The maximum absolute atomic E-state index is 6.36. The van der Waals surface area contributed by atoms with E-state index in [4.69, 9.17) is 11.6 Å². The van der Waals surface area contributed by atoms with Gasteiger partial charge in [0.25, 0.3) is 0 Å². The number of aryl methyl sites for hydroxylation is 2. The molecule has 19 heavy (non-hydrogen) atoms. The molecule has 4 nitrogen and oxygen atoms in total. The van der Waals surface area contributed by atoms with Crippen molar-refractivity contribution in [2.45, 2.75) is 45.3 Å². The Labute approximate surface area is 120 Å². The van der Waals surface area contributed by atoms with E-state index in [1.54, 1.807) is 4.68 Å². The lowest BCUT2D eigenvalue weighted by Gasteiger charge is -2.42. The molecule has 106 valence electrons. The SMILES string of the molecule is Cc1nn(C)c(Cl)c1CN1CC2CCCN2CC1C. The first kappa shape index (κ1) is 13.4. The van der Waals surface area contributed by atoms with Crippen molar-refractivity contribution in [2.75, 3.05) is 19.6 Å². The van der Waals surface area contributed by atoms with E-state index < -0.39 is 0 Å².